The zero-order chi connectivity index (χ0) is 23.5. The van der Waals surface area contributed by atoms with Gasteiger partial charge in [-0.1, -0.05) is 50.6 Å². The first-order valence-electron chi connectivity index (χ1n) is 11.7. The van der Waals surface area contributed by atoms with E-state index in [1.807, 2.05) is 6.08 Å². The summed E-state index contributed by atoms with van der Waals surface area (Å²) in [7, 11) is 0. The zero-order valence-electron chi connectivity index (χ0n) is 19.6. The molecule has 5 rings (SSSR count). The molecule has 2 aromatic rings. The molecule has 1 saturated heterocycles. The molecule has 33 heavy (non-hydrogen) atoms. The van der Waals surface area contributed by atoms with Crippen LogP contribution in [0.3, 0.4) is 0 Å². The molecular weight excluding hydrogens is 421 g/mol. The number of rotatable bonds is 3. The molecule has 0 bridgehead atoms. The van der Waals surface area contributed by atoms with Gasteiger partial charge in [0, 0.05) is 28.5 Å². The number of fused-ring (bicyclic) bond motifs is 1. The van der Waals surface area contributed by atoms with Gasteiger partial charge in [0.15, 0.2) is 5.58 Å². The van der Waals surface area contributed by atoms with Crippen LogP contribution in [0.25, 0.3) is 11.0 Å². The largest absolute Gasteiger partial charge is 0.356 e. The number of hydrogen-bond acceptors (Lipinski definition) is 5. The highest BCUT2D eigenvalue weighted by atomic mass is 19.1. The minimum atomic E-state index is -0.877. The van der Waals surface area contributed by atoms with Crippen molar-refractivity contribution in [1.82, 2.24) is 15.4 Å². The van der Waals surface area contributed by atoms with Crippen LogP contribution in [0.5, 0.6) is 0 Å². The first-order valence-corrected chi connectivity index (χ1v) is 11.7. The Hall–Kier alpha value is -2.80. The maximum atomic E-state index is 15.2. The van der Waals surface area contributed by atoms with Crippen molar-refractivity contribution >= 4 is 22.8 Å². The number of likely N-dealkylation sites (tertiary alicyclic amines) is 1. The minimum absolute atomic E-state index is 0.0744. The van der Waals surface area contributed by atoms with E-state index >= 15 is 4.39 Å². The van der Waals surface area contributed by atoms with E-state index in [4.69, 9.17) is 4.52 Å². The first kappa shape index (κ1) is 22.0. The fourth-order valence-corrected chi connectivity index (χ4v) is 6.19. The van der Waals surface area contributed by atoms with Crippen LogP contribution in [0, 0.1) is 17.2 Å². The summed E-state index contributed by atoms with van der Waals surface area (Å²) >= 11 is 0. The lowest BCUT2D eigenvalue weighted by molar-refractivity contribution is -0.124. The molecule has 174 valence electrons. The molecule has 3 heterocycles. The Bertz CT molecular complexity index is 1200. The molecule has 1 aliphatic carbocycles. The van der Waals surface area contributed by atoms with Gasteiger partial charge in [-0.3, -0.25) is 14.9 Å². The molecule has 0 radical (unpaired) electrons. The summed E-state index contributed by atoms with van der Waals surface area (Å²) in [6.07, 6.45) is 7.06. The SMILES string of the molecule is CC(C1C2=C(C=CC1(c1noc3cccc(F)c13)C(C)(C)C)C(=O)NC2=O)N1CCCCC1. The molecule has 1 aromatic carbocycles. The molecule has 3 unspecified atom stereocenters. The average Bonchev–Trinajstić information content (AvgIpc) is 3.34. The van der Waals surface area contributed by atoms with E-state index < -0.39 is 22.6 Å². The minimum Gasteiger partial charge on any atom is -0.356 e. The van der Waals surface area contributed by atoms with Crippen LogP contribution >= 0.6 is 0 Å². The van der Waals surface area contributed by atoms with E-state index in [-0.39, 0.29) is 17.9 Å². The van der Waals surface area contributed by atoms with Gasteiger partial charge >= 0.3 is 0 Å². The van der Waals surface area contributed by atoms with Crippen molar-refractivity contribution < 1.29 is 18.5 Å². The monoisotopic (exact) mass is 451 g/mol. The third-order valence-electron chi connectivity index (χ3n) is 7.85. The van der Waals surface area contributed by atoms with E-state index in [0.29, 0.717) is 27.8 Å². The Morgan fingerprint density at radius 2 is 1.91 bits per heavy atom. The van der Waals surface area contributed by atoms with Gasteiger partial charge in [0.25, 0.3) is 11.8 Å². The predicted molar refractivity (Wildman–Crippen MR) is 123 cm³/mol. The van der Waals surface area contributed by atoms with E-state index in [0.717, 1.165) is 25.9 Å². The second-order valence-electron chi connectivity index (χ2n) is 10.5. The van der Waals surface area contributed by atoms with Crippen LogP contribution in [-0.4, -0.2) is 41.0 Å². The Morgan fingerprint density at radius 1 is 1.18 bits per heavy atom. The number of hydrogen-bond donors (Lipinski definition) is 1. The summed E-state index contributed by atoms with van der Waals surface area (Å²) in [6.45, 7) is 10.2. The van der Waals surface area contributed by atoms with Gasteiger partial charge < -0.3 is 9.42 Å². The second-order valence-corrected chi connectivity index (χ2v) is 10.5. The van der Waals surface area contributed by atoms with Crippen LogP contribution in [0.2, 0.25) is 0 Å². The average molecular weight is 452 g/mol. The number of nitrogens with one attached hydrogen (secondary N) is 1. The maximum Gasteiger partial charge on any atom is 0.258 e. The highest BCUT2D eigenvalue weighted by molar-refractivity contribution is 6.21. The molecule has 7 heteroatoms. The fraction of sp³-hybridized carbons (Fsp3) is 0.500. The van der Waals surface area contributed by atoms with Crippen LogP contribution in [0.15, 0.2) is 46.0 Å². The van der Waals surface area contributed by atoms with Crippen molar-refractivity contribution in [2.24, 2.45) is 11.3 Å². The summed E-state index contributed by atoms with van der Waals surface area (Å²) < 4.78 is 20.8. The Labute approximate surface area is 192 Å². The molecule has 1 N–H and O–H groups in total. The molecule has 2 aliphatic heterocycles. The lowest BCUT2D eigenvalue weighted by atomic mass is 9.52. The highest BCUT2D eigenvalue weighted by Gasteiger charge is 2.58. The molecule has 3 aliphatic rings. The number of allylic oxidation sites excluding steroid dienone is 1. The number of piperidine rings is 1. The number of nitrogens with zero attached hydrogens (tertiary/aromatic N) is 2. The lowest BCUT2D eigenvalue weighted by Gasteiger charge is -2.53. The van der Waals surface area contributed by atoms with Crippen molar-refractivity contribution in [3.05, 3.63) is 53.0 Å². The van der Waals surface area contributed by atoms with Gasteiger partial charge in [-0.15, -0.1) is 0 Å². The van der Waals surface area contributed by atoms with Crippen LogP contribution in [-0.2, 0) is 15.0 Å². The molecule has 3 atom stereocenters. The van der Waals surface area contributed by atoms with Gasteiger partial charge in [0.05, 0.1) is 5.39 Å². The number of carbonyl (C=O) groups excluding carboxylic acids is 2. The van der Waals surface area contributed by atoms with E-state index in [2.05, 4.69) is 43.1 Å². The number of halogens is 1. The number of carbonyl (C=O) groups is 2. The van der Waals surface area contributed by atoms with Crippen molar-refractivity contribution in [2.45, 2.75) is 58.4 Å². The van der Waals surface area contributed by atoms with E-state index in [9.17, 15) is 9.59 Å². The van der Waals surface area contributed by atoms with E-state index in [1.165, 1.54) is 12.5 Å². The number of amides is 2. The zero-order valence-corrected chi connectivity index (χ0v) is 19.6. The summed E-state index contributed by atoms with van der Waals surface area (Å²) in [5, 5.41) is 7.26. The normalized spacial score (nSPS) is 27.2. The lowest BCUT2D eigenvalue weighted by Crippen LogP contribution is -2.56. The molecule has 2 amide bonds. The van der Waals surface area contributed by atoms with Crippen molar-refractivity contribution in [3.63, 3.8) is 0 Å². The quantitative estimate of drug-likeness (QED) is 0.706. The van der Waals surface area contributed by atoms with Crippen molar-refractivity contribution in [3.8, 4) is 0 Å². The molecule has 1 fully saturated rings. The van der Waals surface area contributed by atoms with Crippen molar-refractivity contribution in [2.75, 3.05) is 13.1 Å². The van der Waals surface area contributed by atoms with Gasteiger partial charge in [-0.2, -0.15) is 0 Å². The maximum absolute atomic E-state index is 15.2. The molecule has 0 spiro atoms. The Morgan fingerprint density at radius 3 is 2.61 bits per heavy atom. The highest BCUT2D eigenvalue weighted by Crippen LogP contribution is 2.57. The summed E-state index contributed by atoms with van der Waals surface area (Å²) in [5.74, 6) is -1.55. The van der Waals surface area contributed by atoms with Gasteiger partial charge in [0.2, 0.25) is 0 Å². The Kier molecular flexibility index (Phi) is 5.08. The standard InChI is InChI=1S/C26H30FN3O3/c1-15(30-13-6-5-7-14-30)21-19-16(23(31)28-24(19)32)11-12-26(21,25(2,3)4)22-20-17(27)9-8-10-18(20)33-29-22/h8-12,15,21H,5-7,13-14H2,1-4H3,(H,28,31,32). The molecular formula is C26H30FN3O3. The molecule has 1 aromatic heterocycles. The Balaban J connectivity index is 1.80. The second kappa shape index (κ2) is 7.62. The topological polar surface area (TPSA) is 75.4 Å². The summed E-state index contributed by atoms with van der Waals surface area (Å²) in [4.78, 5) is 28.2. The third-order valence-corrected chi connectivity index (χ3v) is 7.85. The van der Waals surface area contributed by atoms with Crippen LogP contribution in [0.1, 0.15) is 52.7 Å². The van der Waals surface area contributed by atoms with E-state index in [1.54, 1.807) is 18.2 Å². The molecule has 6 nitrogen and oxygen atoms in total. The van der Waals surface area contributed by atoms with Gasteiger partial charge in [-0.25, -0.2) is 4.39 Å². The smallest absolute Gasteiger partial charge is 0.258 e. The first-order chi connectivity index (χ1) is 15.7. The van der Waals surface area contributed by atoms with Crippen LogP contribution in [0.4, 0.5) is 4.39 Å². The fourth-order valence-electron chi connectivity index (χ4n) is 6.19. The summed E-state index contributed by atoms with van der Waals surface area (Å²) in [6, 6.07) is 4.64. The third kappa shape index (κ3) is 3.12. The van der Waals surface area contributed by atoms with Gasteiger partial charge in [0.1, 0.15) is 11.5 Å². The molecule has 0 saturated carbocycles. The number of benzene rings is 1. The van der Waals surface area contributed by atoms with Crippen molar-refractivity contribution in [1.29, 1.82) is 0 Å². The predicted octanol–water partition coefficient (Wildman–Crippen LogP) is 4.26. The number of imide groups is 1. The summed E-state index contributed by atoms with van der Waals surface area (Å²) in [5.41, 5.74) is 0.377. The number of aromatic nitrogens is 1. The van der Waals surface area contributed by atoms with Crippen LogP contribution < -0.4 is 5.32 Å². The van der Waals surface area contributed by atoms with Gasteiger partial charge in [-0.05, 0) is 50.4 Å².